The van der Waals surface area contributed by atoms with Gasteiger partial charge in [-0.05, 0) is 25.2 Å². The number of nitrogens with zero attached hydrogens (tertiary/aromatic N) is 2. The summed E-state index contributed by atoms with van der Waals surface area (Å²) in [4.78, 5) is 14.2. The molecule has 0 spiro atoms. The summed E-state index contributed by atoms with van der Waals surface area (Å²) in [6, 6.07) is 2.24. The molecule has 21 heavy (non-hydrogen) atoms. The zero-order valence-electron chi connectivity index (χ0n) is 13.7. The van der Waals surface area contributed by atoms with Crippen LogP contribution in [0.4, 0.5) is 0 Å². The van der Waals surface area contributed by atoms with Gasteiger partial charge in [0, 0.05) is 24.5 Å². The Morgan fingerprint density at radius 1 is 1.48 bits per heavy atom. The molecule has 120 valence electrons. The first-order valence-corrected chi connectivity index (χ1v) is 7.84. The van der Waals surface area contributed by atoms with E-state index in [2.05, 4.69) is 16.3 Å². The highest BCUT2D eigenvalue weighted by atomic mass is 16.3. The van der Waals surface area contributed by atoms with Gasteiger partial charge in [0.2, 0.25) is 5.91 Å². The molecule has 1 rings (SSSR count). The number of nitrogens with one attached hydrogen (secondary N) is 1. The third-order valence-corrected chi connectivity index (χ3v) is 4.00. The Morgan fingerprint density at radius 2 is 2.14 bits per heavy atom. The lowest BCUT2D eigenvalue weighted by molar-refractivity contribution is -0.129. The van der Waals surface area contributed by atoms with Gasteiger partial charge in [0.05, 0.1) is 18.7 Å². The molecule has 0 aromatic carbocycles. The number of hydrogen-bond donors (Lipinski definition) is 2. The van der Waals surface area contributed by atoms with Crippen LogP contribution in [0, 0.1) is 22.7 Å². The molecule has 1 aliphatic rings. The third kappa shape index (κ3) is 6.03. The van der Waals surface area contributed by atoms with E-state index in [0.29, 0.717) is 19.0 Å². The quantitative estimate of drug-likeness (QED) is 0.754. The number of amides is 1. The van der Waals surface area contributed by atoms with E-state index in [1.54, 1.807) is 0 Å². The molecule has 0 radical (unpaired) electrons. The van der Waals surface area contributed by atoms with Gasteiger partial charge >= 0.3 is 0 Å². The van der Waals surface area contributed by atoms with Crippen molar-refractivity contribution in [3.63, 3.8) is 0 Å². The van der Waals surface area contributed by atoms with Crippen LogP contribution in [0.1, 0.15) is 47.0 Å². The van der Waals surface area contributed by atoms with E-state index in [9.17, 15) is 9.90 Å². The van der Waals surface area contributed by atoms with Gasteiger partial charge in [-0.2, -0.15) is 5.26 Å². The largest absolute Gasteiger partial charge is 0.393 e. The summed E-state index contributed by atoms with van der Waals surface area (Å²) in [6.07, 6.45) is 2.06. The van der Waals surface area contributed by atoms with Crippen LogP contribution < -0.4 is 5.32 Å². The Bertz CT molecular complexity index is 384. The zero-order chi connectivity index (χ0) is 16.0. The highest BCUT2D eigenvalue weighted by molar-refractivity contribution is 5.81. The normalized spacial score (nSPS) is 25.1. The van der Waals surface area contributed by atoms with Crippen molar-refractivity contribution in [2.75, 3.05) is 19.6 Å². The molecular weight excluding hydrogens is 266 g/mol. The number of carbonyl (C=O) groups excluding carboxylic acids is 1. The van der Waals surface area contributed by atoms with E-state index in [-0.39, 0.29) is 18.1 Å². The molecule has 0 aliphatic carbocycles. The number of aliphatic hydroxyl groups is 1. The molecule has 1 fully saturated rings. The lowest BCUT2D eigenvalue weighted by Crippen LogP contribution is -2.53. The Balaban J connectivity index is 2.66. The highest BCUT2D eigenvalue weighted by Gasteiger charge is 2.31. The second-order valence-electron chi connectivity index (χ2n) is 7.17. The first-order valence-electron chi connectivity index (χ1n) is 7.84. The lowest BCUT2D eigenvalue weighted by atomic mass is 9.87. The number of rotatable bonds is 5. The maximum Gasteiger partial charge on any atom is 0.225 e. The van der Waals surface area contributed by atoms with Crippen molar-refractivity contribution in [2.24, 2.45) is 11.3 Å². The van der Waals surface area contributed by atoms with Crippen LogP contribution in [0.2, 0.25) is 0 Å². The number of likely N-dealkylation sites (tertiary alicyclic amines) is 1. The molecule has 1 aliphatic heterocycles. The van der Waals surface area contributed by atoms with Gasteiger partial charge in [-0.3, -0.25) is 9.69 Å². The van der Waals surface area contributed by atoms with Crippen molar-refractivity contribution >= 4 is 5.91 Å². The molecule has 1 amide bonds. The number of piperidine rings is 1. The third-order valence-electron chi connectivity index (χ3n) is 4.00. The summed E-state index contributed by atoms with van der Waals surface area (Å²) in [7, 11) is 0. The maximum absolute atomic E-state index is 12.1. The lowest BCUT2D eigenvalue weighted by Gasteiger charge is -2.38. The monoisotopic (exact) mass is 295 g/mol. The van der Waals surface area contributed by atoms with Gasteiger partial charge in [-0.15, -0.1) is 0 Å². The minimum atomic E-state index is -0.407. The Hall–Kier alpha value is -1.12. The second kappa shape index (κ2) is 7.77. The van der Waals surface area contributed by atoms with E-state index < -0.39 is 5.41 Å². The summed E-state index contributed by atoms with van der Waals surface area (Å²) in [5, 5.41) is 21.9. The molecule has 0 saturated carbocycles. The van der Waals surface area contributed by atoms with Crippen LogP contribution in [0.15, 0.2) is 0 Å². The molecule has 1 heterocycles. The van der Waals surface area contributed by atoms with Gasteiger partial charge < -0.3 is 10.4 Å². The number of nitriles is 1. The van der Waals surface area contributed by atoms with Crippen LogP contribution in [-0.2, 0) is 4.79 Å². The summed E-state index contributed by atoms with van der Waals surface area (Å²) in [5.74, 6) is 0.369. The molecule has 3 unspecified atom stereocenters. The molecule has 1 saturated heterocycles. The standard InChI is InChI=1S/C16H29N3O2/c1-5-14(20)9-12-8-13(11-19(10-12)7-6-17)18-15(21)16(2,3)4/h12-14,20H,5,7-11H2,1-4H3,(H,18,21). The molecule has 0 aromatic rings. The van der Waals surface area contributed by atoms with E-state index in [1.165, 1.54) is 0 Å². The van der Waals surface area contributed by atoms with Gasteiger partial charge in [0.15, 0.2) is 0 Å². The van der Waals surface area contributed by atoms with E-state index in [0.717, 1.165) is 25.8 Å². The van der Waals surface area contributed by atoms with Crippen molar-refractivity contribution in [1.29, 1.82) is 5.26 Å². The summed E-state index contributed by atoms with van der Waals surface area (Å²) in [6.45, 7) is 9.59. The van der Waals surface area contributed by atoms with E-state index >= 15 is 0 Å². The van der Waals surface area contributed by atoms with Gasteiger partial charge in [0.1, 0.15) is 0 Å². The molecule has 0 bridgehead atoms. The van der Waals surface area contributed by atoms with Gasteiger partial charge in [0.25, 0.3) is 0 Å². The smallest absolute Gasteiger partial charge is 0.225 e. The number of carbonyl (C=O) groups is 1. The predicted molar refractivity (Wildman–Crippen MR) is 82.5 cm³/mol. The number of aliphatic hydroxyl groups excluding tert-OH is 1. The second-order valence-corrected chi connectivity index (χ2v) is 7.17. The Labute approximate surface area is 128 Å². The molecule has 5 heteroatoms. The van der Waals surface area contributed by atoms with Crippen LogP contribution in [-0.4, -0.2) is 47.7 Å². The highest BCUT2D eigenvalue weighted by Crippen LogP contribution is 2.23. The SMILES string of the molecule is CCC(O)CC1CC(NC(=O)C(C)(C)C)CN(CC#N)C1. The molecule has 2 N–H and O–H groups in total. The van der Waals surface area contributed by atoms with E-state index in [4.69, 9.17) is 5.26 Å². The topological polar surface area (TPSA) is 76.4 Å². The number of hydrogen-bond acceptors (Lipinski definition) is 4. The molecule has 5 nitrogen and oxygen atoms in total. The van der Waals surface area contributed by atoms with E-state index in [1.807, 2.05) is 27.7 Å². The fourth-order valence-corrected chi connectivity index (χ4v) is 2.76. The molecular formula is C16H29N3O2. The van der Waals surface area contributed by atoms with Crippen LogP contribution in [0.25, 0.3) is 0 Å². The summed E-state index contributed by atoms with van der Waals surface area (Å²) >= 11 is 0. The zero-order valence-corrected chi connectivity index (χ0v) is 13.7. The Kier molecular flexibility index (Phi) is 6.63. The van der Waals surface area contributed by atoms with Gasteiger partial charge in [-0.25, -0.2) is 0 Å². The summed E-state index contributed by atoms with van der Waals surface area (Å²) in [5.41, 5.74) is -0.407. The average molecular weight is 295 g/mol. The fourth-order valence-electron chi connectivity index (χ4n) is 2.76. The molecule has 3 atom stereocenters. The minimum absolute atomic E-state index is 0.0427. The van der Waals surface area contributed by atoms with Crippen molar-refractivity contribution in [3.8, 4) is 6.07 Å². The van der Waals surface area contributed by atoms with Crippen molar-refractivity contribution < 1.29 is 9.90 Å². The average Bonchev–Trinajstić information content (AvgIpc) is 2.37. The predicted octanol–water partition coefficient (Wildman–Crippen LogP) is 1.52. The minimum Gasteiger partial charge on any atom is -0.393 e. The molecule has 0 aromatic heterocycles. The van der Waals surface area contributed by atoms with Crippen LogP contribution >= 0.6 is 0 Å². The Morgan fingerprint density at radius 3 is 2.67 bits per heavy atom. The first-order chi connectivity index (χ1) is 9.76. The maximum atomic E-state index is 12.1. The van der Waals surface area contributed by atoms with Crippen LogP contribution in [0.3, 0.4) is 0 Å². The van der Waals surface area contributed by atoms with Crippen molar-refractivity contribution in [3.05, 3.63) is 0 Å². The fraction of sp³-hybridized carbons (Fsp3) is 0.875. The summed E-state index contributed by atoms with van der Waals surface area (Å²) < 4.78 is 0. The van der Waals surface area contributed by atoms with Crippen molar-refractivity contribution in [2.45, 2.75) is 59.1 Å². The van der Waals surface area contributed by atoms with Gasteiger partial charge in [-0.1, -0.05) is 27.7 Å². The van der Waals surface area contributed by atoms with Crippen LogP contribution in [0.5, 0.6) is 0 Å². The first kappa shape index (κ1) is 17.9. The van der Waals surface area contributed by atoms with Crippen molar-refractivity contribution in [1.82, 2.24) is 10.2 Å².